The van der Waals surface area contributed by atoms with Gasteiger partial charge in [-0.1, -0.05) is 43.6 Å². The molecule has 176 valence electrons. The fourth-order valence-electron chi connectivity index (χ4n) is 4.48. The number of nitrogens with one attached hydrogen (secondary N) is 1. The molecular weight excluding hydrogens is 440 g/mol. The monoisotopic (exact) mass is 470 g/mol. The van der Waals surface area contributed by atoms with Crippen LogP contribution in [0, 0.1) is 18.8 Å². The lowest BCUT2D eigenvalue weighted by atomic mass is 9.96. The fourth-order valence-corrected chi connectivity index (χ4v) is 4.67. The van der Waals surface area contributed by atoms with Gasteiger partial charge in [0.25, 0.3) is 11.5 Å². The van der Waals surface area contributed by atoms with Gasteiger partial charge in [-0.25, -0.2) is 4.98 Å². The molecule has 2 aromatic heterocycles. The van der Waals surface area contributed by atoms with Crippen LogP contribution in [0.1, 0.15) is 48.4 Å². The highest BCUT2D eigenvalue weighted by Gasteiger charge is 2.25. The number of amides is 1. The molecule has 0 aliphatic carbocycles. The smallest absolute Gasteiger partial charge is 0.265 e. The van der Waals surface area contributed by atoms with Gasteiger partial charge >= 0.3 is 0 Å². The number of fused-ring (bicyclic) bond motifs is 1. The van der Waals surface area contributed by atoms with Gasteiger partial charge in [0.15, 0.2) is 0 Å². The third-order valence-corrected chi connectivity index (χ3v) is 6.62. The summed E-state index contributed by atoms with van der Waals surface area (Å²) in [5.74, 6) is 0.830. The Morgan fingerprint density at radius 2 is 2.00 bits per heavy atom. The van der Waals surface area contributed by atoms with Crippen molar-refractivity contribution in [3.8, 4) is 0 Å². The maximum atomic E-state index is 13.0. The van der Waals surface area contributed by atoms with Crippen LogP contribution in [0.2, 0.25) is 5.02 Å². The van der Waals surface area contributed by atoms with Crippen LogP contribution in [-0.4, -0.2) is 40.0 Å². The van der Waals surface area contributed by atoms with Crippen molar-refractivity contribution in [2.45, 2.75) is 46.7 Å². The number of aryl methyl sites for hydroxylation is 1. The zero-order chi connectivity index (χ0) is 23.5. The highest BCUT2D eigenvalue weighted by Crippen LogP contribution is 2.23. The summed E-state index contributed by atoms with van der Waals surface area (Å²) in [4.78, 5) is 32.7. The first-order valence-corrected chi connectivity index (χ1v) is 11.9. The summed E-state index contributed by atoms with van der Waals surface area (Å²) < 4.78 is 7.18. The molecule has 0 spiro atoms. The van der Waals surface area contributed by atoms with Crippen LogP contribution in [0.3, 0.4) is 0 Å². The summed E-state index contributed by atoms with van der Waals surface area (Å²) >= 11 is 6.30. The second-order valence-electron chi connectivity index (χ2n) is 9.33. The third-order valence-electron chi connectivity index (χ3n) is 6.25. The zero-order valence-electron chi connectivity index (χ0n) is 19.4. The van der Waals surface area contributed by atoms with Crippen LogP contribution < -0.4 is 10.9 Å². The molecule has 0 saturated carbocycles. The van der Waals surface area contributed by atoms with Crippen molar-refractivity contribution >= 4 is 28.6 Å². The largest absolute Gasteiger partial charge is 0.442 e. The van der Waals surface area contributed by atoms with Gasteiger partial charge in [-0.3, -0.25) is 19.1 Å². The quantitative estimate of drug-likeness (QED) is 0.558. The average molecular weight is 471 g/mol. The zero-order valence-corrected chi connectivity index (χ0v) is 20.2. The molecule has 4 rings (SSSR count). The van der Waals surface area contributed by atoms with Crippen molar-refractivity contribution in [3.05, 3.63) is 62.9 Å². The highest BCUT2D eigenvalue weighted by atomic mass is 35.5. The Kier molecular flexibility index (Phi) is 7.20. The van der Waals surface area contributed by atoms with Crippen LogP contribution in [0.15, 0.2) is 39.8 Å². The van der Waals surface area contributed by atoms with E-state index < -0.39 is 0 Å². The second kappa shape index (κ2) is 10.1. The van der Waals surface area contributed by atoms with Crippen molar-refractivity contribution in [1.29, 1.82) is 0 Å². The summed E-state index contributed by atoms with van der Waals surface area (Å²) in [6.45, 7) is 9.65. The van der Waals surface area contributed by atoms with Crippen LogP contribution >= 0.6 is 11.6 Å². The predicted octanol–water partition coefficient (Wildman–Crippen LogP) is 4.25. The van der Waals surface area contributed by atoms with Crippen molar-refractivity contribution < 1.29 is 9.21 Å². The van der Waals surface area contributed by atoms with Crippen molar-refractivity contribution in [1.82, 2.24) is 19.8 Å². The number of nitrogens with zero attached hydrogens (tertiary/aromatic N) is 3. The first kappa shape index (κ1) is 23.5. The van der Waals surface area contributed by atoms with E-state index >= 15 is 0 Å². The molecule has 33 heavy (non-hydrogen) atoms. The molecular formula is C25H31ClN4O3. The van der Waals surface area contributed by atoms with Crippen LogP contribution in [0.4, 0.5) is 0 Å². The number of likely N-dealkylation sites (tertiary alicyclic amines) is 1. The molecule has 1 aromatic carbocycles. The van der Waals surface area contributed by atoms with E-state index in [1.807, 2.05) is 32.0 Å². The first-order valence-electron chi connectivity index (χ1n) is 11.6. The minimum Gasteiger partial charge on any atom is -0.442 e. The molecule has 8 heteroatoms. The molecule has 1 aliphatic heterocycles. The number of aromatic nitrogens is 2. The predicted molar refractivity (Wildman–Crippen MR) is 130 cm³/mol. The van der Waals surface area contributed by atoms with Crippen molar-refractivity contribution in [2.24, 2.45) is 11.8 Å². The van der Waals surface area contributed by atoms with Gasteiger partial charge in [-0.2, -0.15) is 0 Å². The average Bonchev–Trinajstić information content (AvgIpc) is 3.13. The lowest BCUT2D eigenvalue weighted by molar-refractivity contribution is 0.0935. The van der Waals surface area contributed by atoms with E-state index in [4.69, 9.17) is 16.0 Å². The van der Waals surface area contributed by atoms with Crippen LogP contribution in [0.25, 0.3) is 11.1 Å². The third kappa shape index (κ3) is 5.31. The summed E-state index contributed by atoms with van der Waals surface area (Å²) in [5, 5.41) is 4.10. The molecule has 1 amide bonds. The normalized spacial score (nSPS) is 15.4. The minimum absolute atomic E-state index is 0.218. The molecule has 7 nitrogen and oxygen atoms in total. The first-order chi connectivity index (χ1) is 15.8. The Hall–Kier alpha value is -2.64. The Bertz CT molecular complexity index is 1190. The lowest BCUT2D eigenvalue weighted by Gasteiger charge is -2.32. The molecule has 1 saturated heterocycles. The summed E-state index contributed by atoms with van der Waals surface area (Å²) in [7, 11) is 0. The highest BCUT2D eigenvalue weighted by molar-refractivity contribution is 6.31. The summed E-state index contributed by atoms with van der Waals surface area (Å²) in [6, 6.07) is 7.95. The minimum atomic E-state index is -0.272. The molecule has 1 fully saturated rings. The van der Waals surface area contributed by atoms with E-state index in [9.17, 15) is 9.59 Å². The second-order valence-corrected chi connectivity index (χ2v) is 9.74. The Morgan fingerprint density at radius 1 is 1.27 bits per heavy atom. The van der Waals surface area contributed by atoms with Crippen LogP contribution in [0.5, 0.6) is 0 Å². The number of benzene rings is 1. The summed E-state index contributed by atoms with van der Waals surface area (Å²) in [6.07, 6.45) is 3.49. The Morgan fingerprint density at radius 3 is 2.70 bits per heavy atom. The Labute approximate surface area is 198 Å². The molecule has 0 unspecified atom stereocenters. The van der Waals surface area contributed by atoms with E-state index in [0.29, 0.717) is 30.3 Å². The number of rotatable bonds is 7. The fraction of sp³-hybridized carbons (Fsp3) is 0.480. The standard InChI is InChI=1S/C25H31ClN4O3/c1-16(2)13-30-15-28-24-22(25(30)32)21(17(3)33-24)23(31)27-12-18-8-10-29(11-9-18)14-19-6-4-5-7-20(19)26/h4-7,15-16,18H,8-14H2,1-3H3,(H,27,31). The molecule has 0 bridgehead atoms. The van der Waals surface area contributed by atoms with Gasteiger partial charge < -0.3 is 9.73 Å². The van der Waals surface area contributed by atoms with Gasteiger partial charge in [0.05, 0.1) is 5.56 Å². The van der Waals surface area contributed by atoms with E-state index in [0.717, 1.165) is 43.1 Å². The van der Waals surface area contributed by atoms with Crippen molar-refractivity contribution in [2.75, 3.05) is 19.6 Å². The molecule has 1 aliphatic rings. The maximum absolute atomic E-state index is 13.0. The van der Waals surface area contributed by atoms with E-state index in [1.165, 1.54) is 6.33 Å². The molecule has 1 N–H and O–H groups in total. The molecule has 3 aromatic rings. The number of piperidine rings is 1. The number of carbonyl (C=O) groups is 1. The molecule has 0 radical (unpaired) electrons. The maximum Gasteiger partial charge on any atom is 0.265 e. The summed E-state index contributed by atoms with van der Waals surface area (Å²) in [5.41, 5.74) is 1.43. The van der Waals surface area contributed by atoms with E-state index in [2.05, 4.69) is 21.3 Å². The van der Waals surface area contributed by atoms with E-state index in [-0.39, 0.29) is 28.5 Å². The molecule has 0 atom stereocenters. The number of furan rings is 1. The number of hydrogen-bond acceptors (Lipinski definition) is 5. The Balaban J connectivity index is 1.38. The van der Waals surface area contributed by atoms with Gasteiger partial charge in [-0.05, 0) is 56.3 Å². The lowest BCUT2D eigenvalue weighted by Crippen LogP contribution is -2.38. The van der Waals surface area contributed by atoms with Gasteiger partial charge in [0.2, 0.25) is 5.71 Å². The van der Waals surface area contributed by atoms with Crippen LogP contribution in [-0.2, 0) is 13.1 Å². The SMILES string of the molecule is Cc1oc2ncn(CC(C)C)c(=O)c2c1C(=O)NCC1CCN(Cc2ccccc2Cl)CC1. The van der Waals surface area contributed by atoms with Crippen molar-refractivity contribution in [3.63, 3.8) is 0 Å². The van der Waals surface area contributed by atoms with Gasteiger partial charge in [0, 0.05) is 24.7 Å². The van der Waals surface area contributed by atoms with Gasteiger partial charge in [-0.15, -0.1) is 0 Å². The van der Waals surface area contributed by atoms with Gasteiger partial charge in [0.1, 0.15) is 17.5 Å². The number of carbonyl (C=O) groups excluding carboxylic acids is 1. The number of hydrogen-bond donors (Lipinski definition) is 1. The molecule has 3 heterocycles. The topological polar surface area (TPSA) is 80.4 Å². The van der Waals surface area contributed by atoms with E-state index in [1.54, 1.807) is 11.5 Å². The number of halogens is 1.